The molecule has 76 valence electrons. The first-order valence-corrected chi connectivity index (χ1v) is 6.18. The molecule has 3 atom stereocenters. The summed E-state index contributed by atoms with van der Waals surface area (Å²) in [6.07, 6.45) is 1.30. The van der Waals surface area contributed by atoms with Crippen LogP contribution in [0.2, 0.25) is 0 Å². The van der Waals surface area contributed by atoms with Gasteiger partial charge in [0.05, 0.1) is 0 Å². The van der Waals surface area contributed by atoms with Crippen molar-refractivity contribution in [2.24, 2.45) is 0 Å². The number of phosphoric acid groups is 1. The van der Waals surface area contributed by atoms with E-state index in [0.717, 1.165) is 11.1 Å². The summed E-state index contributed by atoms with van der Waals surface area (Å²) in [7, 11) is -3.28. The van der Waals surface area contributed by atoms with Gasteiger partial charge in [-0.05, 0) is 17.2 Å². The maximum absolute atomic E-state index is 11.7. The summed E-state index contributed by atoms with van der Waals surface area (Å²) in [6, 6.07) is 7.82. The van der Waals surface area contributed by atoms with E-state index in [9.17, 15) is 4.57 Å². The molecule has 1 aromatic rings. The van der Waals surface area contributed by atoms with Gasteiger partial charge in [-0.3, -0.25) is 9.05 Å². The number of phosphoric ester groups is 1. The first kappa shape index (κ1) is 8.11. The highest BCUT2D eigenvalue weighted by atomic mass is 31.2. The minimum absolute atomic E-state index is 0.263. The van der Waals surface area contributed by atoms with E-state index < -0.39 is 7.82 Å². The Morgan fingerprint density at radius 1 is 1.13 bits per heavy atom. The summed E-state index contributed by atoms with van der Waals surface area (Å²) in [5, 5.41) is 0. The van der Waals surface area contributed by atoms with Crippen molar-refractivity contribution in [3.05, 3.63) is 41.2 Å². The van der Waals surface area contributed by atoms with Crippen molar-refractivity contribution in [2.75, 3.05) is 0 Å². The molecule has 0 spiro atoms. The second-order valence-corrected chi connectivity index (χ2v) is 5.26. The number of hydrogen-bond acceptors (Lipinski definition) is 4. The SMILES string of the molecule is O=P12OC3=Cc4ccccc4C(O1)C3O2. The average Bonchev–Trinajstić information content (AvgIpc) is 2.70. The topological polar surface area (TPSA) is 44.8 Å². The highest BCUT2D eigenvalue weighted by Gasteiger charge is 2.59. The van der Waals surface area contributed by atoms with Gasteiger partial charge in [0.1, 0.15) is 11.9 Å². The minimum atomic E-state index is -3.28. The molecule has 3 aliphatic rings. The molecule has 2 heterocycles. The lowest BCUT2D eigenvalue weighted by Crippen LogP contribution is -2.22. The van der Waals surface area contributed by atoms with Gasteiger partial charge in [-0.2, -0.15) is 0 Å². The van der Waals surface area contributed by atoms with Crippen LogP contribution in [0.5, 0.6) is 0 Å². The van der Waals surface area contributed by atoms with Crippen LogP contribution in [0.3, 0.4) is 0 Å². The molecule has 2 fully saturated rings. The van der Waals surface area contributed by atoms with Crippen molar-refractivity contribution in [3.63, 3.8) is 0 Å². The van der Waals surface area contributed by atoms with Crippen LogP contribution >= 0.6 is 7.82 Å². The first-order chi connectivity index (χ1) is 7.25. The van der Waals surface area contributed by atoms with Gasteiger partial charge in [-0.15, -0.1) is 0 Å². The summed E-state index contributed by atoms with van der Waals surface area (Å²) in [6.45, 7) is 0. The third-order valence-corrected chi connectivity index (χ3v) is 4.26. The molecule has 0 radical (unpaired) electrons. The summed E-state index contributed by atoms with van der Waals surface area (Å²) < 4.78 is 27.4. The smallest absolute Gasteiger partial charge is 0.406 e. The van der Waals surface area contributed by atoms with Gasteiger partial charge in [0, 0.05) is 0 Å². The van der Waals surface area contributed by atoms with Gasteiger partial charge in [-0.25, -0.2) is 4.57 Å². The van der Waals surface area contributed by atoms with Crippen LogP contribution in [0.25, 0.3) is 6.08 Å². The minimum Gasteiger partial charge on any atom is -0.406 e. The molecular weight excluding hydrogens is 215 g/mol. The zero-order valence-corrected chi connectivity index (χ0v) is 8.52. The van der Waals surface area contributed by atoms with E-state index in [1.807, 2.05) is 30.3 Å². The molecule has 0 aromatic heterocycles. The fourth-order valence-electron chi connectivity index (χ4n) is 2.22. The Hall–Kier alpha value is -1.09. The number of benzene rings is 1. The van der Waals surface area contributed by atoms with E-state index in [0.29, 0.717) is 5.76 Å². The van der Waals surface area contributed by atoms with Crippen LogP contribution < -0.4 is 0 Å². The molecular formula is C10H7O4P. The molecule has 4 rings (SSSR count). The van der Waals surface area contributed by atoms with Gasteiger partial charge in [0.25, 0.3) is 0 Å². The zero-order valence-electron chi connectivity index (χ0n) is 7.62. The third kappa shape index (κ3) is 0.918. The lowest BCUT2D eigenvalue weighted by molar-refractivity contribution is 0.130. The summed E-state index contributed by atoms with van der Waals surface area (Å²) in [4.78, 5) is 0. The molecule has 2 saturated heterocycles. The molecule has 3 unspecified atom stereocenters. The lowest BCUT2D eigenvalue weighted by Gasteiger charge is -2.26. The van der Waals surface area contributed by atoms with E-state index in [1.165, 1.54) is 0 Å². The van der Waals surface area contributed by atoms with Crippen LogP contribution in [0.1, 0.15) is 17.2 Å². The number of rotatable bonds is 0. The van der Waals surface area contributed by atoms with Crippen LogP contribution in [-0.2, 0) is 18.1 Å². The number of hydrogen-bond donors (Lipinski definition) is 0. The molecule has 1 aromatic carbocycles. The Balaban J connectivity index is 2.00. The van der Waals surface area contributed by atoms with Crippen LogP contribution in [0.15, 0.2) is 30.0 Å². The summed E-state index contributed by atoms with van der Waals surface area (Å²) >= 11 is 0. The molecule has 1 aliphatic carbocycles. The van der Waals surface area contributed by atoms with E-state index in [-0.39, 0.29) is 12.2 Å². The highest BCUT2D eigenvalue weighted by molar-refractivity contribution is 7.49. The predicted molar refractivity (Wildman–Crippen MR) is 51.8 cm³/mol. The van der Waals surface area contributed by atoms with Gasteiger partial charge in [0.2, 0.25) is 0 Å². The lowest BCUT2D eigenvalue weighted by atomic mass is 9.92. The van der Waals surface area contributed by atoms with E-state index >= 15 is 0 Å². The fourth-order valence-corrected chi connectivity index (χ4v) is 3.77. The highest BCUT2D eigenvalue weighted by Crippen LogP contribution is 2.71. The van der Waals surface area contributed by atoms with Gasteiger partial charge in [-0.1, -0.05) is 24.3 Å². The van der Waals surface area contributed by atoms with Gasteiger partial charge >= 0.3 is 7.82 Å². The molecule has 0 N–H and O–H groups in total. The average molecular weight is 222 g/mol. The summed E-state index contributed by atoms with van der Waals surface area (Å²) in [5.74, 6) is 0.633. The van der Waals surface area contributed by atoms with E-state index in [1.54, 1.807) is 0 Å². The van der Waals surface area contributed by atoms with Crippen LogP contribution in [0, 0.1) is 0 Å². The monoisotopic (exact) mass is 222 g/mol. The Bertz CT molecular complexity index is 536. The molecule has 2 bridgehead atoms. The van der Waals surface area contributed by atoms with Crippen molar-refractivity contribution in [3.8, 4) is 0 Å². The first-order valence-electron chi connectivity index (χ1n) is 4.72. The van der Waals surface area contributed by atoms with E-state index in [4.69, 9.17) is 13.6 Å². The fraction of sp³-hybridized carbons (Fsp3) is 0.200. The Morgan fingerprint density at radius 2 is 1.93 bits per heavy atom. The Morgan fingerprint density at radius 3 is 2.80 bits per heavy atom. The maximum atomic E-state index is 11.7. The van der Waals surface area contributed by atoms with Crippen molar-refractivity contribution in [2.45, 2.75) is 12.2 Å². The van der Waals surface area contributed by atoms with Crippen molar-refractivity contribution >= 4 is 13.9 Å². The van der Waals surface area contributed by atoms with Gasteiger partial charge < -0.3 is 4.52 Å². The quantitative estimate of drug-likeness (QED) is 0.633. The number of fused-ring (bicyclic) bond motifs is 3. The maximum Gasteiger partial charge on any atom is 0.531 e. The molecule has 0 amide bonds. The van der Waals surface area contributed by atoms with Crippen LogP contribution in [-0.4, -0.2) is 6.10 Å². The van der Waals surface area contributed by atoms with Gasteiger partial charge in [0.15, 0.2) is 6.10 Å². The van der Waals surface area contributed by atoms with Crippen molar-refractivity contribution in [1.82, 2.24) is 0 Å². The second kappa shape index (κ2) is 2.35. The standard InChI is InChI=1S/C10H7O4P/c11-15-12-8-5-6-3-1-2-4-7(6)9(13-15)10(8)14-15/h1-5,9-10H. The molecule has 4 nitrogen and oxygen atoms in total. The molecule has 15 heavy (non-hydrogen) atoms. The molecule has 0 saturated carbocycles. The normalized spacial score (nSPS) is 39.6. The second-order valence-electron chi connectivity index (χ2n) is 3.77. The zero-order chi connectivity index (χ0) is 10.0. The largest absolute Gasteiger partial charge is 0.531 e. The molecule has 2 aliphatic heterocycles. The van der Waals surface area contributed by atoms with Crippen molar-refractivity contribution in [1.29, 1.82) is 0 Å². The predicted octanol–water partition coefficient (Wildman–Crippen LogP) is 2.64. The molecule has 5 heteroatoms. The Kier molecular flexibility index (Phi) is 1.27. The van der Waals surface area contributed by atoms with Crippen molar-refractivity contribution < 1.29 is 18.1 Å². The van der Waals surface area contributed by atoms with Crippen LogP contribution in [0.4, 0.5) is 0 Å². The Labute approximate surface area is 86.1 Å². The van der Waals surface area contributed by atoms with E-state index in [2.05, 4.69) is 0 Å². The third-order valence-electron chi connectivity index (χ3n) is 2.86. The summed E-state index contributed by atoms with van der Waals surface area (Å²) in [5.41, 5.74) is 2.07.